The second-order valence-electron chi connectivity index (χ2n) is 2.93. The molecule has 0 saturated carbocycles. The van der Waals surface area contributed by atoms with Crippen LogP contribution >= 0.6 is 26.6 Å². The summed E-state index contributed by atoms with van der Waals surface area (Å²) < 4.78 is 57.5. The van der Waals surface area contributed by atoms with Gasteiger partial charge in [0.05, 0.1) is 9.37 Å². The molecule has 1 aromatic carbocycles. The zero-order valence-corrected chi connectivity index (χ0v) is 11.7. The highest BCUT2D eigenvalue weighted by Gasteiger charge is 2.22. The molecule has 0 aliphatic rings. The van der Waals surface area contributed by atoms with Crippen molar-refractivity contribution < 1.29 is 21.2 Å². The van der Waals surface area contributed by atoms with E-state index in [9.17, 15) is 21.2 Å². The van der Waals surface area contributed by atoms with Crippen LogP contribution in [-0.2, 0) is 18.9 Å². The lowest BCUT2D eigenvalue weighted by molar-refractivity contribution is 0.568. The summed E-state index contributed by atoms with van der Waals surface area (Å²) in [6, 6.07) is 1.65. The number of rotatable bonds is 2. The summed E-state index contributed by atoms with van der Waals surface area (Å²) in [4.78, 5) is -1.20. The highest BCUT2D eigenvalue weighted by Crippen LogP contribution is 2.28. The molecule has 4 nitrogen and oxygen atoms in total. The van der Waals surface area contributed by atoms with Crippen molar-refractivity contribution in [2.24, 2.45) is 0 Å². The molecule has 0 atom stereocenters. The molecular formula is C7H5BrClFO4S2. The van der Waals surface area contributed by atoms with E-state index in [1.165, 1.54) is 0 Å². The van der Waals surface area contributed by atoms with Crippen molar-refractivity contribution >= 4 is 45.5 Å². The van der Waals surface area contributed by atoms with E-state index in [0.29, 0.717) is 6.07 Å². The van der Waals surface area contributed by atoms with Gasteiger partial charge in [-0.05, 0) is 28.1 Å². The lowest BCUT2D eigenvalue weighted by Gasteiger charge is -2.04. The van der Waals surface area contributed by atoms with Gasteiger partial charge in [0.25, 0.3) is 9.05 Å². The topological polar surface area (TPSA) is 68.3 Å². The fourth-order valence-corrected chi connectivity index (χ4v) is 3.34. The Morgan fingerprint density at radius 1 is 1.25 bits per heavy atom. The van der Waals surface area contributed by atoms with Crippen LogP contribution in [0.2, 0.25) is 0 Å². The SMILES string of the molecule is CS(=O)(=O)c1cc(Br)c(F)c(S(=O)(=O)Cl)c1. The molecular weight excluding hydrogens is 347 g/mol. The first-order valence-corrected chi connectivity index (χ1v) is 8.66. The molecule has 0 aromatic heterocycles. The maximum atomic E-state index is 13.4. The van der Waals surface area contributed by atoms with Gasteiger partial charge >= 0.3 is 0 Å². The zero-order chi connectivity index (χ0) is 12.7. The highest BCUT2D eigenvalue weighted by atomic mass is 79.9. The molecule has 0 N–H and O–H groups in total. The molecule has 16 heavy (non-hydrogen) atoms. The highest BCUT2D eigenvalue weighted by molar-refractivity contribution is 9.10. The zero-order valence-electron chi connectivity index (χ0n) is 7.74. The van der Waals surface area contributed by atoms with Crippen molar-refractivity contribution in [3.05, 3.63) is 22.4 Å². The van der Waals surface area contributed by atoms with Gasteiger partial charge in [0.2, 0.25) is 0 Å². The summed E-state index contributed by atoms with van der Waals surface area (Å²) >= 11 is 2.72. The summed E-state index contributed by atoms with van der Waals surface area (Å²) in [6.45, 7) is 0. The van der Waals surface area contributed by atoms with Gasteiger partial charge in [-0.15, -0.1) is 0 Å². The van der Waals surface area contributed by atoms with Crippen LogP contribution in [0.3, 0.4) is 0 Å². The molecule has 0 unspecified atom stereocenters. The minimum atomic E-state index is -4.34. The van der Waals surface area contributed by atoms with E-state index in [2.05, 4.69) is 15.9 Å². The summed E-state index contributed by atoms with van der Waals surface area (Å²) in [5.41, 5.74) is 0. The van der Waals surface area contributed by atoms with Gasteiger partial charge in [-0.25, -0.2) is 21.2 Å². The monoisotopic (exact) mass is 350 g/mol. The van der Waals surface area contributed by atoms with Crippen molar-refractivity contribution in [3.8, 4) is 0 Å². The molecule has 90 valence electrons. The van der Waals surface area contributed by atoms with E-state index in [1.807, 2.05) is 0 Å². The Kier molecular flexibility index (Phi) is 3.68. The summed E-state index contributed by atoms with van der Waals surface area (Å²) in [7, 11) is -3.01. The van der Waals surface area contributed by atoms with Crippen LogP contribution in [0.25, 0.3) is 0 Å². The van der Waals surface area contributed by atoms with Gasteiger partial charge < -0.3 is 0 Å². The molecule has 0 heterocycles. The van der Waals surface area contributed by atoms with E-state index in [1.54, 1.807) is 0 Å². The summed E-state index contributed by atoms with van der Waals surface area (Å²) in [6.07, 6.45) is 0.872. The standard InChI is InChI=1S/C7H5BrClFO4S2/c1-15(11,12)4-2-5(8)7(10)6(3-4)16(9,13)14/h2-3H,1H3. The number of sulfone groups is 1. The van der Waals surface area contributed by atoms with E-state index < -0.39 is 29.6 Å². The summed E-state index contributed by atoms with van der Waals surface area (Å²) in [5, 5.41) is 0. The molecule has 0 fully saturated rings. The first kappa shape index (κ1) is 13.9. The smallest absolute Gasteiger partial charge is 0.224 e. The molecule has 0 saturated heterocycles. The van der Waals surface area contributed by atoms with Crippen LogP contribution in [0, 0.1) is 5.82 Å². The fraction of sp³-hybridized carbons (Fsp3) is 0.143. The van der Waals surface area contributed by atoms with Gasteiger partial charge in [-0.3, -0.25) is 0 Å². The normalized spacial score (nSPS) is 12.8. The second kappa shape index (κ2) is 4.25. The number of halogens is 3. The Morgan fingerprint density at radius 3 is 2.12 bits per heavy atom. The number of hydrogen-bond acceptors (Lipinski definition) is 4. The van der Waals surface area contributed by atoms with Gasteiger partial charge in [-0.1, -0.05) is 0 Å². The maximum Gasteiger partial charge on any atom is 0.264 e. The van der Waals surface area contributed by atoms with E-state index in [4.69, 9.17) is 10.7 Å². The Balaban J connectivity index is 3.72. The third-order valence-corrected chi connectivity index (χ3v) is 4.65. The molecule has 9 heteroatoms. The molecule has 1 rings (SSSR count). The maximum absolute atomic E-state index is 13.4. The van der Waals surface area contributed by atoms with Crippen molar-refractivity contribution in [1.29, 1.82) is 0 Å². The molecule has 0 aliphatic heterocycles. The lowest BCUT2D eigenvalue weighted by Crippen LogP contribution is -2.03. The third kappa shape index (κ3) is 2.93. The average Bonchev–Trinajstić information content (AvgIpc) is 2.05. The van der Waals surface area contributed by atoms with Gasteiger partial charge in [-0.2, -0.15) is 0 Å². The molecule has 0 amide bonds. The first-order chi connectivity index (χ1) is 7.03. The minimum absolute atomic E-state index is 0.283. The number of benzene rings is 1. The van der Waals surface area contributed by atoms with Gasteiger partial charge in [0, 0.05) is 16.9 Å². The van der Waals surface area contributed by atoms with Crippen LogP contribution in [-0.4, -0.2) is 23.1 Å². The van der Waals surface area contributed by atoms with Crippen molar-refractivity contribution in [2.45, 2.75) is 9.79 Å². The van der Waals surface area contributed by atoms with E-state index in [0.717, 1.165) is 12.3 Å². The van der Waals surface area contributed by atoms with Crippen LogP contribution < -0.4 is 0 Å². The molecule has 0 spiro atoms. The molecule has 0 radical (unpaired) electrons. The Labute approximate surface area is 105 Å². The predicted octanol–water partition coefficient (Wildman–Crippen LogP) is 1.92. The van der Waals surface area contributed by atoms with Crippen LogP contribution in [0.1, 0.15) is 0 Å². The fourth-order valence-electron chi connectivity index (χ4n) is 0.932. The quantitative estimate of drug-likeness (QED) is 0.603. The van der Waals surface area contributed by atoms with E-state index >= 15 is 0 Å². The number of hydrogen-bond donors (Lipinski definition) is 0. The molecule has 0 bridgehead atoms. The van der Waals surface area contributed by atoms with Crippen LogP contribution in [0.15, 0.2) is 26.4 Å². The van der Waals surface area contributed by atoms with Crippen molar-refractivity contribution in [3.63, 3.8) is 0 Å². The average molecular weight is 352 g/mol. The summed E-state index contributed by atoms with van der Waals surface area (Å²) in [5.74, 6) is -1.12. The Hall–Kier alpha value is -0.180. The first-order valence-electron chi connectivity index (χ1n) is 3.67. The molecule has 0 aliphatic carbocycles. The molecule has 1 aromatic rings. The third-order valence-electron chi connectivity index (χ3n) is 1.66. The minimum Gasteiger partial charge on any atom is -0.224 e. The van der Waals surface area contributed by atoms with E-state index in [-0.39, 0.29) is 9.37 Å². The largest absolute Gasteiger partial charge is 0.264 e. The van der Waals surface area contributed by atoms with Crippen molar-refractivity contribution in [2.75, 3.05) is 6.26 Å². The Morgan fingerprint density at radius 2 is 1.75 bits per heavy atom. The second-order valence-corrected chi connectivity index (χ2v) is 8.33. The van der Waals surface area contributed by atoms with Gasteiger partial charge in [0.15, 0.2) is 15.7 Å². The van der Waals surface area contributed by atoms with Gasteiger partial charge in [0.1, 0.15) is 4.90 Å². The predicted molar refractivity (Wildman–Crippen MR) is 60.2 cm³/mol. The van der Waals surface area contributed by atoms with Crippen LogP contribution in [0.5, 0.6) is 0 Å². The van der Waals surface area contributed by atoms with Crippen molar-refractivity contribution in [1.82, 2.24) is 0 Å². The van der Waals surface area contributed by atoms with Crippen LogP contribution in [0.4, 0.5) is 4.39 Å². The lowest BCUT2D eigenvalue weighted by atomic mass is 10.3. The Bertz CT molecular complexity index is 639.